The quantitative estimate of drug-likeness (QED) is 0.716. The van der Waals surface area contributed by atoms with Gasteiger partial charge in [0.25, 0.3) is 0 Å². The predicted octanol–water partition coefficient (Wildman–Crippen LogP) is 2.82. The van der Waals surface area contributed by atoms with E-state index < -0.39 is 15.8 Å². The number of sulfonamides is 1. The van der Waals surface area contributed by atoms with Crippen LogP contribution in [0.1, 0.15) is 60.2 Å². The Labute approximate surface area is 160 Å². The Morgan fingerprint density at radius 3 is 1.96 bits per heavy atom. The molecule has 0 N–H and O–H groups in total. The Hall–Kier alpha value is -1.99. The minimum Gasteiger partial charge on any atom is -0.367 e. The van der Waals surface area contributed by atoms with Gasteiger partial charge in [-0.05, 0) is 25.7 Å². The van der Waals surface area contributed by atoms with Crippen LogP contribution in [0.2, 0.25) is 0 Å². The van der Waals surface area contributed by atoms with Crippen molar-refractivity contribution in [3.63, 3.8) is 0 Å². The van der Waals surface area contributed by atoms with Gasteiger partial charge in [-0.15, -0.1) is 0 Å². The summed E-state index contributed by atoms with van der Waals surface area (Å²) < 4.78 is 28.3. The topological polar surface area (TPSA) is 74.8 Å². The number of Topliss-reactive ketones (excluding diaryl/α,β-unsaturated/α-hetero) is 2. The van der Waals surface area contributed by atoms with Crippen molar-refractivity contribution in [2.75, 3.05) is 26.2 Å². The van der Waals surface area contributed by atoms with Crippen molar-refractivity contribution < 1.29 is 18.0 Å². The number of fused-ring (bicyclic) bond motifs is 1. The number of hydrogen-bond donors (Lipinski definition) is 0. The summed E-state index contributed by atoms with van der Waals surface area (Å²) in [7, 11) is -4.06. The molecule has 146 valence electrons. The smallest absolute Gasteiger partial charge is 0.249 e. The van der Waals surface area contributed by atoms with Gasteiger partial charge in [0.15, 0.2) is 4.91 Å². The van der Waals surface area contributed by atoms with Crippen molar-refractivity contribution >= 4 is 21.6 Å². The fourth-order valence-corrected chi connectivity index (χ4v) is 5.70. The lowest BCUT2D eigenvalue weighted by Gasteiger charge is -2.30. The zero-order valence-electron chi connectivity index (χ0n) is 15.9. The number of allylic oxidation sites excluding steroid dienone is 2. The Morgan fingerprint density at radius 1 is 0.926 bits per heavy atom. The van der Waals surface area contributed by atoms with Gasteiger partial charge in [-0.1, -0.05) is 38.1 Å². The second-order valence-corrected chi connectivity index (χ2v) is 8.85. The van der Waals surface area contributed by atoms with E-state index in [-0.39, 0.29) is 21.9 Å². The molecular weight excluding hydrogens is 364 g/mol. The van der Waals surface area contributed by atoms with E-state index in [0.29, 0.717) is 44.6 Å². The van der Waals surface area contributed by atoms with Gasteiger partial charge in [0.1, 0.15) is 5.70 Å². The van der Waals surface area contributed by atoms with Crippen molar-refractivity contribution in [1.29, 1.82) is 0 Å². The summed E-state index contributed by atoms with van der Waals surface area (Å²) in [6.07, 6.45) is 3.05. The highest BCUT2D eigenvalue weighted by molar-refractivity contribution is 7.94. The summed E-state index contributed by atoms with van der Waals surface area (Å²) in [4.78, 5) is 27.9. The summed E-state index contributed by atoms with van der Waals surface area (Å²) in [5, 5.41) is 0. The van der Waals surface area contributed by atoms with E-state index in [1.165, 1.54) is 10.4 Å². The minimum atomic E-state index is -4.06. The maximum absolute atomic E-state index is 13.5. The van der Waals surface area contributed by atoms with Crippen molar-refractivity contribution in [2.24, 2.45) is 0 Å². The third-order valence-corrected chi connectivity index (χ3v) is 6.96. The van der Waals surface area contributed by atoms with Crippen LogP contribution in [-0.2, 0) is 10.0 Å². The molecule has 1 fully saturated rings. The van der Waals surface area contributed by atoms with Crippen LogP contribution >= 0.6 is 0 Å². The van der Waals surface area contributed by atoms with Crippen LogP contribution in [0.3, 0.4) is 0 Å². The zero-order chi connectivity index (χ0) is 19.6. The first-order valence-corrected chi connectivity index (χ1v) is 11.0. The number of likely N-dealkylation sites (tertiary alicyclic amines) is 1. The number of carbonyl (C=O) groups is 2. The molecule has 1 saturated heterocycles. The van der Waals surface area contributed by atoms with Crippen LogP contribution in [-0.4, -0.2) is 55.4 Å². The molecule has 7 heteroatoms. The molecule has 3 rings (SSSR count). The number of rotatable bonds is 7. The molecular formula is C20H26N2O4S. The molecule has 0 spiro atoms. The second-order valence-electron chi connectivity index (χ2n) is 6.98. The maximum Gasteiger partial charge on any atom is 0.249 e. The van der Waals surface area contributed by atoms with Crippen LogP contribution in [0.25, 0.3) is 0 Å². The Kier molecular flexibility index (Phi) is 5.81. The van der Waals surface area contributed by atoms with Crippen LogP contribution in [0.4, 0.5) is 0 Å². The minimum absolute atomic E-state index is 0.0633. The average Bonchev–Trinajstić information content (AvgIpc) is 3.18. The molecule has 2 aliphatic rings. The number of ketones is 2. The summed E-state index contributed by atoms with van der Waals surface area (Å²) in [6, 6.07) is 6.50. The van der Waals surface area contributed by atoms with E-state index in [1.54, 1.807) is 23.1 Å². The van der Waals surface area contributed by atoms with E-state index in [0.717, 1.165) is 12.8 Å². The van der Waals surface area contributed by atoms with Gasteiger partial charge in [0.05, 0.1) is 0 Å². The lowest BCUT2D eigenvalue weighted by atomic mass is 9.92. The van der Waals surface area contributed by atoms with Crippen molar-refractivity contribution in [1.82, 2.24) is 9.21 Å². The molecule has 0 unspecified atom stereocenters. The lowest BCUT2D eigenvalue weighted by molar-refractivity contribution is 0.0952. The highest BCUT2D eigenvalue weighted by Gasteiger charge is 2.43. The SMILES string of the molecule is CCCN(CCC)S(=O)(=O)C1=C(N2CCCC2)C(=O)c2ccccc2C1=O. The molecule has 0 saturated carbocycles. The number of carbonyl (C=O) groups excluding carboxylic acids is 2. The molecule has 0 radical (unpaired) electrons. The fourth-order valence-electron chi connectivity index (χ4n) is 3.79. The Balaban J connectivity index is 2.22. The van der Waals surface area contributed by atoms with Gasteiger partial charge in [-0.3, -0.25) is 9.59 Å². The summed E-state index contributed by atoms with van der Waals surface area (Å²) in [5.41, 5.74) is 0.534. The molecule has 1 aliphatic heterocycles. The van der Waals surface area contributed by atoms with Crippen LogP contribution < -0.4 is 0 Å². The first-order valence-electron chi connectivity index (χ1n) is 9.61. The number of nitrogens with zero attached hydrogens (tertiary/aromatic N) is 2. The van der Waals surface area contributed by atoms with Gasteiger partial charge in [-0.2, -0.15) is 4.31 Å². The summed E-state index contributed by atoms with van der Waals surface area (Å²) >= 11 is 0. The number of benzene rings is 1. The van der Waals surface area contributed by atoms with Crippen molar-refractivity contribution in [3.05, 3.63) is 46.0 Å². The summed E-state index contributed by atoms with van der Waals surface area (Å²) in [5.74, 6) is -0.928. The molecule has 0 aromatic heterocycles. The first-order chi connectivity index (χ1) is 12.9. The van der Waals surface area contributed by atoms with E-state index in [4.69, 9.17) is 0 Å². The predicted molar refractivity (Wildman–Crippen MR) is 104 cm³/mol. The lowest BCUT2D eigenvalue weighted by Crippen LogP contribution is -2.41. The van der Waals surface area contributed by atoms with Crippen LogP contribution in [0.15, 0.2) is 34.9 Å². The largest absolute Gasteiger partial charge is 0.367 e. The monoisotopic (exact) mass is 390 g/mol. The van der Waals surface area contributed by atoms with Gasteiger partial charge >= 0.3 is 0 Å². The molecule has 6 nitrogen and oxygen atoms in total. The first kappa shape index (κ1) is 19.8. The molecule has 1 aliphatic carbocycles. The van der Waals surface area contributed by atoms with E-state index >= 15 is 0 Å². The Morgan fingerprint density at radius 2 is 1.44 bits per heavy atom. The van der Waals surface area contributed by atoms with Gasteiger partial charge in [0.2, 0.25) is 21.6 Å². The van der Waals surface area contributed by atoms with E-state index in [9.17, 15) is 18.0 Å². The normalized spacial score (nSPS) is 17.8. The fraction of sp³-hybridized carbons (Fsp3) is 0.500. The van der Waals surface area contributed by atoms with Crippen molar-refractivity contribution in [3.8, 4) is 0 Å². The van der Waals surface area contributed by atoms with Gasteiger partial charge in [-0.25, -0.2) is 8.42 Å². The third kappa shape index (κ3) is 3.46. The average molecular weight is 391 g/mol. The van der Waals surface area contributed by atoms with Crippen LogP contribution in [0.5, 0.6) is 0 Å². The third-order valence-electron chi connectivity index (χ3n) is 5.02. The number of hydrogen-bond acceptors (Lipinski definition) is 5. The zero-order valence-corrected chi connectivity index (χ0v) is 16.7. The molecule has 0 bridgehead atoms. The molecule has 1 heterocycles. The highest BCUT2D eigenvalue weighted by Crippen LogP contribution is 2.34. The molecule has 1 aromatic rings. The Bertz CT molecular complexity index is 877. The maximum atomic E-state index is 13.5. The molecule has 0 atom stereocenters. The molecule has 27 heavy (non-hydrogen) atoms. The van der Waals surface area contributed by atoms with E-state index in [2.05, 4.69) is 0 Å². The molecule has 0 amide bonds. The van der Waals surface area contributed by atoms with Gasteiger partial charge in [0, 0.05) is 37.3 Å². The second kappa shape index (κ2) is 7.94. The van der Waals surface area contributed by atoms with Gasteiger partial charge < -0.3 is 4.90 Å². The van der Waals surface area contributed by atoms with Crippen molar-refractivity contribution in [2.45, 2.75) is 39.5 Å². The summed E-state index contributed by atoms with van der Waals surface area (Å²) in [6.45, 7) is 5.65. The van der Waals surface area contributed by atoms with Crippen LogP contribution in [0, 0.1) is 0 Å². The molecule has 1 aromatic carbocycles. The van der Waals surface area contributed by atoms with E-state index in [1.807, 2.05) is 13.8 Å². The highest BCUT2D eigenvalue weighted by atomic mass is 32.2. The standard InChI is InChI=1S/C20H26N2O4S/c1-3-11-22(12-4-2)27(25,26)20-17(21-13-7-8-14-21)18(23)15-9-5-6-10-16(15)19(20)24/h5-6,9-10H,3-4,7-8,11-14H2,1-2H3.